The van der Waals surface area contributed by atoms with Gasteiger partial charge in [0.25, 0.3) is 0 Å². The standard InChI is InChI=1S/C23H22N4OS2/c1-13-6-8-14(9-7-13)17(28)12-29-23-26-25-21-19-16-4-2-3-5-18(16)30-22(19)24-20(27(21)23)15-10-11-15/h6-9,15H,2-5,10-12H2,1H3. The zero-order chi connectivity index (χ0) is 20.2. The van der Waals surface area contributed by atoms with Gasteiger partial charge in [0.2, 0.25) is 0 Å². The molecular formula is C23H22N4OS2. The number of benzene rings is 1. The predicted octanol–water partition coefficient (Wildman–Crippen LogP) is 5.38. The van der Waals surface area contributed by atoms with E-state index >= 15 is 0 Å². The van der Waals surface area contributed by atoms with Crippen molar-refractivity contribution in [2.45, 2.75) is 56.5 Å². The van der Waals surface area contributed by atoms with E-state index in [9.17, 15) is 4.79 Å². The Balaban J connectivity index is 1.40. The molecule has 30 heavy (non-hydrogen) atoms. The Morgan fingerprint density at radius 3 is 2.77 bits per heavy atom. The van der Waals surface area contributed by atoms with Crippen molar-refractivity contribution in [1.82, 2.24) is 19.6 Å². The monoisotopic (exact) mass is 434 g/mol. The van der Waals surface area contributed by atoms with Crippen LogP contribution in [-0.2, 0) is 12.8 Å². The van der Waals surface area contributed by atoms with E-state index in [-0.39, 0.29) is 5.78 Å². The lowest BCUT2D eigenvalue weighted by molar-refractivity contribution is 0.102. The van der Waals surface area contributed by atoms with Crippen molar-refractivity contribution < 1.29 is 4.79 Å². The molecule has 3 aromatic heterocycles. The van der Waals surface area contributed by atoms with Gasteiger partial charge in [-0.15, -0.1) is 21.5 Å². The van der Waals surface area contributed by atoms with Crippen LogP contribution in [0.1, 0.15) is 63.8 Å². The molecule has 0 N–H and O–H groups in total. The second-order valence-corrected chi connectivity index (χ2v) is 10.4. The van der Waals surface area contributed by atoms with Crippen molar-refractivity contribution in [3.05, 3.63) is 51.7 Å². The topological polar surface area (TPSA) is 60.2 Å². The molecule has 1 aromatic carbocycles. The van der Waals surface area contributed by atoms with Crippen LogP contribution in [0.4, 0.5) is 0 Å². The van der Waals surface area contributed by atoms with Crippen LogP contribution >= 0.6 is 23.1 Å². The number of fused-ring (bicyclic) bond motifs is 5. The number of carbonyl (C=O) groups excluding carboxylic acids is 1. The lowest BCUT2D eigenvalue weighted by Crippen LogP contribution is -2.05. The minimum absolute atomic E-state index is 0.117. The molecule has 7 heteroatoms. The Bertz CT molecular complexity index is 1280. The first-order chi connectivity index (χ1) is 14.7. The number of thiophene rings is 1. The molecule has 3 heterocycles. The van der Waals surface area contributed by atoms with E-state index in [0.717, 1.165) is 45.4 Å². The van der Waals surface area contributed by atoms with Crippen LogP contribution in [0.2, 0.25) is 0 Å². The summed E-state index contributed by atoms with van der Waals surface area (Å²) in [4.78, 5) is 20.4. The molecule has 0 spiro atoms. The van der Waals surface area contributed by atoms with Crippen LogP contribution in [-0.4, -0.2) is 31.1 Å². The average Bonchev–Trinajstić information content (AvgIpc) is 3.41. The highest BCUT2D eigenvalue weighted by Gasteiger charge is 2.32. The maximum atomic E-state index is 12.7. The smallest absolute Gasteiger partial charge is 0.197 e. The van der Waals surface area contributed by atoms with E-state index in [1.807, 2.05) is 42.5 Å². The van der Waals surface area contributed by atoms with Crippen molar-refractivity contribution in [2.75, 3.05) is 5.75 Å². The molecule has 2 aliphatic rings. The van der Waals surface area contributed by atoms with E-state index in [1.54, 1.807) is 0 Å². The second-order valence-electron chi connectivity index (χ2n) is 8.35. The minimum atomic E-state index is 0.117. The summed E-state index contributed by atoms with van der Waals surface area (Å²) >= 11 is 3.32. The van der Waals surface area contributed by atoms with Crippen LogP contribution in [0.3, 0.4) is 0 Å². The van der Waals surface area contributed by atoms with Crippen LogP contribution in [0.25, 0.3) is 15.9 Å². The maximum absolute atomic E-state index is 12.7. The van der Waals surface area contributed by atoms with Crippen LogP contribution in [0.15, 0.2) is 29.4 Å². The second kappa shape index (κ2) is 7.17. The van der Waals surface area contributed by atoms with Gasteiger partial charge in [0.05, 0.1) is 11.1 Å². The van der Waals surface area contributed by atoms with Crippen LogP contribution < -0.4 is 0 Å². The summed E-state index contributed by atoms with van der Waals surface area (Å²) in [7, 11) is 0. The lowest BCUT2D eigenvalue weighted by atomic mass is 9.97. The van der Waals surface area contributed by atoms with Gasteiger partial charge in [-0.1, -0.05) is 41.6 Å². The van der Waals surface area contributed by atoms with E-state index < -0.39 is 0 Å². The highest BCUT2D eigenvalue weighted by atomic mass is 32.2. The SMILES string of the molecule is Cc1ccc(C(=O)CSc2nnc3c4c5c(sc4nc(C4CC4)n23)CCCC5)cc1. The maximum Gasteiger partial charge on any atom is 0.197 e. The quantitative estimate of drug-likeness (QED) is 0.312. The lowest BCUT2D eigenvalue weighted by Gasteiger charge is -2.11. The van der Waals surface area contributed by atoms with Crippen LogP contribution in [0.5, 0.6) is 0 Å². The van der Waals surface area contributed by atoms with Crippen molar-refractivity contribution in [3.63, 3.8) is 0 Å². The van der Waals surface area contributed by atoms with E-state index in [2.05, 4.69) is 14.6 Å². The molecule has 0 unspecified atom stereocenters. The number of thioether (sulfide) groups is 1. The number of ketones is 1. The van der Waals surface area contributed by atoms with Gasteiger partial charge in [-0.25, -0.2) is 4.98 Å². The first-order valence-electron chi connectivity index (χ1n) is 10.6. The number of nitrogens with zero attached hydrogens (tertiary/aromatic N) is 4. The van der Waals surface area contributed by atoms with Gasteiger partial charge in [0, 0.05) is 16.4 Å². The number of hydrogen-bond donors (Lipinski definition) is 0. The van der Waals surface area contributed by atoms with Crippen molar-refractivity contribution >= 4 is 44.7 Å². The van der Waals surface area contributed by atoms with Gasteiger partial charge in [0.1, 0.15) is 10.7 Å². The number of Topliss-reactive ketones (excluding diaryl/α,β-unsaturated/α-hetero) is 1. The van der Waals surface area contributed by atoms with Gasteiger partial charge < -0.3 is 0 Å². The van der Waals surface area contributed by atoms with E-state index in [4.69, 9.17) is 4.98 Å². The Hall–Kier alpha value is -2.25. The Kier molecular flexibility index (Phi) is 4.42. The molecule has 5 nitrogen and oxygen atoms in total. The molecule has 0 radical (unpaired) electrons. The largest absolute Gasteiger partial charge is 0.293 e. The fourth-order valence-corrected chi connectivity index (χ4v) is 6.41. The zero-order valence-electron chi connectivity index (χ0n) is 16.9. The number of aromatic nitrogens is 4. The summed E-state index contributed by atoms with van der Waals surface area (Å²) in [6.45, 7) is 2.03. The minimum Gasteiger partial charge on any atom is -0.293 e. The first-order valence-corrected chi connectivity index (χ1v) is 12.4. The van der Waals surface area contributed by atoms with Gasteiger partial charge >= 0.3 is 0 Å². The number of aryl methyl sites for hydroxylation is 3. The molecule has 152 valence electrons. The molecular weight excluding hydrogens is 412 g/mol. The van der Waals surface area contributed by atoms with E-state index in [0.29, 0.717) is 11.7 Å². The number of carbonyl (C=O) groups is 1. The average molecular weight is 435 g/mol. The third-order valence-electron chi connectivity index (χ3n) is 6.10. The molecule has 0 saturated heterocycles. The van der Waals surface area contributed by atoms with Crippen molar-refractivity contribution in [2.24, 2.45) is 0 Å². The van der Waals surface area contributed by atoms with Crippen LogP contribution in [0, 0.1) is 6.92 Å². The van der Waals surface area contributed by atoms with Gasteiger partial charge in [-0.3, -0.25) is 9.20 Å². The normalized spacial score (nSPS) is 16.3. The summed E-state index contributed by atoms with van der Waals surface area (Å²) in [6, 6.07) is 7.77. The first kappa shape index (κ1) is 18.5. The molecule has 1 fully saturated rings. The Labute approximate surface area is 182 Å². The fourth-order valence-electron chi connectivity index (χ4n) is 4.32. The summed E-state index contributed by atoms with van der Waals surface area (Å²) < 4.78 is 2.15. The Morgan fingerprint density at radius 2 is 1.97 bits per heavy atom. The van der Waals surface area contributed by atoms with E-state index in [1.165, 1.54) is 53.3 Å². The van der Waals surface area contributed by atoms with Crippen molar-refractivity contribution in [3.8, 4) is 0 Å². The van der Waals surface area contributed by atoms with Gasteiger partial charge in [0.15, 0.2) is 16.6 Å². The molecule has 0 amide bonds. The highest BCUT2D eigenvalue weighted by molar-refractivity contribution is 7.99. The molecule has 4 aromatic rings. The summed E-state index contributed by atoms with van der Waals surface area (Å²) in [5.74, 6) is 2.03. The molecule has 0 aliphatic heterocycles. The summed E-state index contributed by atoms with van der Waals surface area (Å²) in [6.07, 6.45) is 7.10. The van der Waals surface area contributed by atoms with Gasteiger partial charge in [-0.2, -0.15) is 0 Å². The number of rotatable bonds is 5. The zero-order valence-corrected chi connectivity index (χ0v) is 18.5. The van der Waals surface area contributed by atoms with Gasteiger partial charge in [-0.05, 0) is 51.0 Å². The molecule has 1 saturated carbocycles. The molecule has 0 atom stereocenters. The highest BCUT2D eigenvalue weighted by Crippen LogP contribution is 2.44. The fraction of sp³-hybridized carbons (Fsp3) is 0.391. The predicted molar refractivity (Wildman–Crippen MR) is 121 cm³/mol. The molecule has 0 bridgehead atoms. The number of hydrogen-bond acceptors (Lipinski definition) is 6. The third kappa shape index (κ3) is 3.06. The third-order valence-corrected chi connectivity index (χ3v) is 8.22. The summed E-state index contributed by atoms with van der Waals surface area (Å²) in [5.41, 5.74) is 4.27. The van der Waals surface area contributed by atoms with Crippen molar-refractivity contribution in [1.29, 1.82) is 0 Å². The summed E-state index contributed by atoms with van der Waals surface area (Å²) in [5, 5.41) is 11.1. The Morgan fingerprint density at radius 1 is 1.17 bits per heavy atom. The molecule has 6 rings (SSSR count). The molecule has 2 aliphatic carbocycles.